The maximum absolute atomic E-state index is 7.47. The van der Waals surface area contributed by atoms with Crippen LogP contribution in [0.5, 0.6) is 0 Å². The highest BCUT2D eigenvalue weighted by Gasteiger charge is 2.56. The maximum atomic E-state index is 7.47. The molecule has 4 nitrogen and oxygen atoms in total. The summed E-state index contributed by atoms with van der Waals surface area (Å²) in [6.07, 6.45) is 2.11. The van der Waals surface area contributed by atoms with E-state index in [9.17, 15) is 0 Å². The first-order valence-electron chi connectivity index (χ1n) is 11.6. The molecule has 0 saturated carbocycles. The van der Waals surface area contributed by atoms with E-state index >= 15 is 0 Å². The van der Waals surface area contributed by atoms with Crippen LogP contribution in [0.25, 0.3) is 0 Å². The molecule has 2 fully saturated rings. The van der Waals surface area contributed by atoms with Gasteiger partial charge in [-0.2, -0.15) is 0 Å². The Hall–Kier alpha value is -1.50. The van der Waals surface area contributed by atoms with E-state index in [1.54, 1.807) is 0 Å². The molecular weight excluding hydrogens is 400 g/mol. The number of piperidine rings is 1. The minimum absolute atomic E-state index is 0.0214. The Kier molecular flexibility index (Phi) is 6.43. The molecule has 2 aromatic rings. The van der Waals surface area contributed by atoms with Crippen molar-refractivity contribution in [3.63, 3.8) is 0 Å². The Morgan fingerprint density at radius 3 is 1.97 bits per heavy atom. The number of nitrogens with two attached hydrogens (primary N) is 1. The summed E-state index contributed by atoms with van der Waals surface area (Å²) in [6.45, 7) is 12.7. The Labute approximate surface area is 188 Å². The molecule has 2 aromatic carbocycles. The lowest BCUT2D eigenvalue weighted by Crippen LogP contribution is -2.70. The third-order valence-electron chi connectivity index (χ3n) is 7.36. The number of ether oxygens (including phenoxy) is 1. The first-order chi connectivity index (χ1) is 14.8. The molecule has 2 heterocycles. The third-order valence-corrected chi connectivity index (χ3v) is 12.4. The fraction of sp³-hybridized carbons (Fsp3) is 0.538. The molecule has 2 aliphatic rings. The van der Waals surface area contributed by atoms with Crippen LogP contribution in [-0.2, 0) is 9.16 Å². The van der Waals surface area contributed by atoms with E-state index in [-0.39, 0.29) is 16.7 Å². The van der Waals surface area contributed by atoms with Gasteiger partial charge in [-0.1, -0.05) is 81.4 Å². The number of benzene rings is 2. The quantitative estimate of drug-likeness (QED) is 0.729. The van der Waals surface area contributed by atoms with Gasteiger partial charge in [-0.05, 0) is 35.2 Å². The molecule has 0 aliphatic carbocycles. The molecule has 168 valence electrons. The first kappa shape index (κ1) is 22.7. The smallest absolute Gasteiger partial charge is 0.261 e. The van der Waals surface area contributed by atoms with Gasteiger partial charge >= 0.3 is 0 Å². The van der Waals surface area contributed by atoms with Crippen molar-refractivity contribution >= 4 is 18.7 Å². The van der Waals surface area contributed by atoms with Gasteiger partial charge in [0.15, 0.2) is 0 Å². The highest BCUT2D eigenvalue weighted by Crippen LogP contribution is 2.41. The topological polar surface area (TPSA) is 47.7 Å². The second-order valence-corrected chi connectivity index (χ2v) is 14.7. The number of rotatable bonds is 5. The Morgan fingerprint density at radius 2 is 1.48 bits per heavy atom. The lowest BCUT2D eigenvalue weighted by Gasteiger charge is -2.50. The van der Waals surface area contributed by atoms with Gasteiger partial charge in [0.2, 0.25) is 0 Å². The standard InChI is InChI=1S/C26H38N2O2Si/c1-25(2,3)31(22-11-7-5-8-12-22,23-13-9-6-10-14-23)30-24-19-29-20-26(24,4)28-17-15-21(27)16-18-28/h5-14,21,24H,15-20,27H2,1-4H3. The van der Waals surface area contributed by atoms with Crippen LogP contribution in [0.1, 0.15) is 40.5 Å². The lowest BCUT2D eigenvalue weighted by atomic mass is 9.92. The molecule has 0 amide bonds. The molecule has 2 aliphatic heterocycles. The molecule has 0 radical (unpaired) electrons. The third kappa shape index (κ3) is 4.14. The monoisotopic (exact) mass is 438 g/mol. The summed E-state index contributed by atoms with van der Waals surface area (Å²) in [7, 11) is -2.61. The van der Waals surface area contributed by atoms with E-state index in [1.807, 2.05) is 0 Å². The lowest BCUT2D eigenvalue weighted by molar-refractivity contribution is 0.00533. The zero-order valence-electron chi connectivity index (χ0n) is 19.5. The summed E-state index contributed by atoms with van der Waals surface area (Å²) >= 11 is 0. The minimum atomic E-state index is -2.61. The summed E-state index contributed by atoms with van der Waals surface area (Å²) in [5.41, 5.74) is 6.07. The fourth-order valence-electron chi connectivity index (χ4n) is 5.42. The van der Waals surface area contributed by atoms with Crippen LogP contribution < -0.4 is 16.1 Å². The van der Waals surface area contributed by atoms with Gasteiger partial charge in [0.05, 0.1) is 24.9 Å². The first-order valence-corrected chi connectivity index (χ1v) is 13.6. The average molecular weight is 439 g/mol. The van der Waals surface area contributed by atoms with Crippen molar-refractivity contribution in [1.82, 2.24) is 4.90 Å². The number of likely N-dealkylation sites (tertiary alicyclic amines) is 1. The fourth-order valence-corrected chi connectivity index (χ4v) is 10.2. The SMILES string of the molecule is CC1(N2CCC(N)CC2)COCC1O[Si](c1ccccc1)(c1ccccc1)C(C)(C)C. The van der Waals surface area contributed by atoms with Crippen molar-refractivity contribution in [1.29, 1.82) is 0 Å². The second-order valence-electron chi connectivity index (χ2n) is 10.5. The van der Waals surface area contributed by atoms with Crippen LogP contribution >= 0.6 is 0 Å². The van der Waals surface area contributed by atoms with Gasteiger partial charge in [-0.3, -0.25) is 4.90 Å². The van der Waals surface area contributed by atoms with Gasteiger partial charge in [-0.25, -0.2) is 0 Å². The summed E-state index contributed by atoms with van der Waals surface area (Å²) in [5, 5.41) is 2.61. The molecule has 0 spiro atoms. The van der Waals surface area contributed by atoms with Gasteiger partial charge < -0.3 is 14.9 Å². The zero-order valence-corrected chi connectivity index (χ0v) is 20.5. The van der Waals surface area contributed by atoms with Gasteiger partial charge in [0.1, 0.15) is 0 Å². The Morgan fingerprint density at radius 1 is 0.968 bits per heavy atom. The van der Waals surface area contributed by atoms with Crippen LogP contribution in [0.2, 0.25) is 5.04 Å². The van der Waals surface area contributed by atoms with Crippen molar-refractivity contribution < 1.29 is 9.16 Å². The predicted molar refractivity (Wildman–Crippen MR) is 131 cm³/mol. The highest BCUT2D eigenvalue weighted by molar-refractivity contribution is 6.99. The van der Waals surface area contributed by atoms with Gasteiger partial charge in [0.25, 0.3) is 8.32 Å². The molecule has 2 N–H and O–H groups in total. The van der Waals surface area contributed by atoms with Crippen molar-refractivity contribution in [3.8, 4) is 0 Å². The minimum Gasteiger partial charge on any atom is -0.400 e. The number of nitrogens with zero attached hydrogens (tertiary/aromatic N) is 1. The predicted octanol–water partition coefficient (Wildman–Crippen LogP) is 3.14. The van der Waals surface area contributed by atoms with E-state index in [0.717, 1.165) is 25.9 Å². The molecular formula is C26H38N2O2Si. The number of hydrogen-bond acceptors (Lipinski definition) is 4. The second kappa shape index (κ2) is 8.79. The van der Waals surface area contributed by atoms with Crippen molar-refractivity contribution in [2.45, 2.75) is 63.3 Å². The summed E-state index contributed by atoms with van der Waals surface area (Å²) < 4.78 is 13.6. The molecule has 0 bridgehead atoms. The van der Waals surface area contributed by atoms with Crippen LogP contribution in [0.4, 0.5) is 0 Å². The van der Waals surface area contributed by atoms with Gasteiger partial charge in [0, 0.05) is 19.1 Å². The van der Waals surface area contributed by atoms with Crippen LogP contribution in [0.15, 0.2) is 60.7 Å². The average Bonchev–Trinajstić information content (AvgIpc) is 3.14. The summed E-state index contributed by atoms with van der Waals surface area (Å²) in [4.78, 5) is 2.58. The van der Waals surface area contributed by atoms with Crippen LogP contribution in [-0.4, -0.2) is 57.2 Å². The van der Waals surface area contributed by atoms with E-state index in [2.05, 4.69) is 93.3 Å². The summed E-state index contributed by atoms with van der Waals surface area (Å²) in [6, 6.07) is 22.1. The molecule has 2 atom stereocenters. The van der Waals surface area contributed by atoms with E-state index in [1.165, 1.54) is 10.4 Å². The molecule has 2 unspecified atom stereocenters. The van der Waals surface area contributed by atoms with E-state index in [4.69, 9.17) is 14.9 Å². The molecule has 31 heavy (non-hydrogen) atoms. The Bertz CT molecular complexity index is 807. The Balaban J connectivity index is 1.78. The van der Waals surface area contributed by atoms with Gasteiger partial charge in [-0.15, -0.1) is 0 Å². The molecule has 5 heteroatoms. The molecule has 0 aromatic heterocycles. The van der Waals surface area contributed by atoms with Crippen LogP contribution in [0, 0.1) is 0 Å². The summed E-state index contributed by atoms with van der Waals surface area (Å²) in [5.74, 6) is 0. The van der Waals surface area contributed by atoms with E-state index in [0.29, 0.717) is 19.3 Å². The van der Waals surface area contributed by atoms with Crippen molar-refractivity contribution in [3.05, 3.63) is 60.7 Å². The zero-order chi connectivity index (χ0) is 22.1. The largest absolute Gasteiger partial charge is 0.400 e. The van der Waals surface area contributed by atoms with Crippen molar-refractivity contribution in [2.24, 2.45) is 5.73 Å². The van der Waals surface area contributed by atoms with E-state index < -0.39 is 8.32 Å². The maximum Gasteiger partial charge on any atom is 0.261 e. The molecule has 2 saturated heterocycles. The van der Waals surface area contributed by atoms with Crippen LogP contribution in [0.3, 0.4) is 0 Å². The number of hydrogen-bond donors (Lipinski definition) is 1. The molecule has 4 rings (SSSR count). The van der Waals surface area contributed by atoms with Crippen molar-refractivity contribution in [2.75, 3.05) is 26.3 Å². The normalized spacial score (nSPS) is 26.3. The highest BCUT2D eigenvalue weighted by atomic mass is 28.4.